The number of carboxylic acids is 1. The Labute approximate surface area is 339 Å². The van der Waals surface area contributed by atoms with Gasteiger partial charge in [0.2, 0.25) is 0 Å². The van der Waals surface area contributed by atoms with E-state index in [0.29, 0.717) is 24.5 Å². The summed E-state index contributed by atoms with van der Waals surface area (Å²) in [7, 11) is 0. The zero-order valence-corrected chi connectivity index (χ0v) is 36.5. The number of benzene rings is 4. The normalized spacial score (nSPS) is 7.91. The molecule has 4 rings (SSSR count). The van der Waals surface area contributed by atoms with Crippen molar-refractivity contribution < 1.29 is 84.8 Å². The van der Waals surface area contributed by atoms with Crippen LogP contribution in [0.25, 0.3) is 0 Å². The smallest absolute Gasteiger partial charge is 0.307 e. The number of para-hydroxylation sites is 2. The fraction of sp³-hybridized carbons (Fsp3) is 0.293. The number of aliphatic carboxylic acids is 1. The van der Waals surface area contributed by atoms with Crippen molar-refractivity contribution in [3.05, 3.63) is 159 Å². The van der Waals surface area contributed by atoms with Gasteiger partial charge < -0.3 is 29.4 Å². The van der Waals surface area contributed by atoms with Crippen molar-refractivity contribution in [1.82, 2.24) is 0 Å². The average Bonchev–Trinajstić information content (AvgIpc) is 3.09. The van der Waals surface area contributed by atoms with E-state index in [1.54, 1.807) is 12.1 Å². The van der Waals surface area contributed by atoms with Gasteiger partial charge in [0.25, 0.3) is 0 Å². The Morgan fingerprint density at radius 1 is 0.574 bits per heavy atom. The molecule has 4 aromatic carbocycles. The van der Waals surface area contributed by atoms with Crippen LogP contribution in [0.3, 0.4) is 0 Å². The molecule has 0 fully saturated rings. The molecule has 6 heteroatoms. The molecular weight excluding hydrogens is 734 g/mol. The number of allylic oxidation sites excluding steroid dienone is 1. The molecule has 0 atom stereocenters. The molecule has 0 saturated heterocycles. The SMILES string of the molecule is C=CCc1ccccc1OCc1ccccc1.CC.CC.CC.CC.O=C(O)Cc1ccccc1OCc1ccccc1.[CH3-].[CH3-].[Y].[Y]. The van der Waals surface area contributed by atoms with Gasteiger partial charge in [-0.3, -0.25) is 4.79 Å². The largest absolute Gasteiger partial charge is 0.489 e. The fourth-order valence-electron chi connectivity index (χ4n) is 3.39. The molecule has 47 heavy (non-hydrogen) atoms. The van der Waals surface area contributed by atoms with E-state index in [9.17, 15) is 4.79 Å². The second kappa shape index (κ2) is 41.9. The van der Waals surface area contributed by atoms with Crippen LogP contribution in [0.4, 0.5) is 0 Å². The summed E-state index contributed by atoms with van der Waals surface area (Å²) in [5.74, 6) is 0.714. The number of carboxylic acid groups (broad SMARTS) is 1. The van der Waals surface area contributed by atoms with E-state index in [2.05, 4.69) is 24.8 Å². The quantitative estimate of drug-likeness (QED) is 0.128. The molecule has 4 nitrogen and oxygen atoms in total. The maximum absolute atomic E-state index is 10.7. The topological polar surface area (TPSA) is 55.8 Å². The maximum Gasteiger partial charge on any atom is 0.307 e. The first-order valence-corrected chi connectivity index (χ1v) is 15.5. The number of carbonyl (C=O) groups is 1. The predicted molar refractivity (Wildman–Crippen MR) is 198 cm³/mol. The van der Waals surface area contributed by atoms with Crippen LogP contribution in [0.1, 0.15) is 77.6 Å². The van der Waals surface area contributed by atoms with Crippen LogP contribution < -0.4 is 9.47 Å². The molecule has 0 amide bonds. The summed E-state index contributed by atoms with van der Waals surface area (Å²) >= 11 is 0. The minimum Gasteiger partial charge on any atom is -0.489 e. The molecule has 0 unspecified atom stereocenters. The number of rotatable bonds is 10. The Kier molecular flexibility index (Phi) is 51.0. The molecule has 256 valence electrons. The van der Waals surface area contributed by atoms with E-state index in [4.69, 9.17) is 14.6 Å². The van der Waals surface area contributed by atoms with Crippen LogP contribution in [0.15, 0.2) is 122 Å². The molecule has 0 aliphatic carbocycles. The van der Waals surface area contributed by atoms with Crippen molar-refractivity contribution in [2.75, 3.05) is 0 Å². The molecule has 0 heterocycles. The van der Waals surface area contributed by atoms with Gasteiger partial charge >= 0.3 is 5.97 Å². The molecule has 0 aliphatic rings. The summed E-state index contributed by atoms with van der Waals surface area (Å²) in [6, 6.07) is 35.3. The van der Waals surface area contributed by atoms with E-state index in [0.717, 1.165) is 17.7 Å². The third-order valence-electron chi connectivity index (χ3n) is 5.13. The first-order valence-electron chi connectivity index (χ1n) is 15.5. The monoisotopic (exact) mass is 794 g/mol. The standard InChI is InChI=1S/C16H16O.C15H14O3.4C2H6.2CH3.2Y/c1-2-8-15-11-6-7-12-16(15)17-13-14-9-4-3-5-10-14;16-15(17)10-13-8-4-5-9-14(13)18-11-12-6-2-1-3-7-12;4*1-2;;;;/h2-7,9-12H,1,8,13H2;1-9H,10-11H2,(H,16,17);4*1-2H3;2*1H3;;/q;;;;;;2*-1;;. The Morgan fingerprint density at radius 3 is 1.26 bits per heavy atom. The zero-order valence-electron chi connectivity index (χ0n) is 30.8. The van der Waals surface area contributed by atoms with Crippen molar-refractivity contribution in [3.8, 4) is 11.5 Å². The molecule has 0 bridgehead atoms. The summed E-state index contributed by atoms with van der Waals surface area (Å²) < 4.78 is 11.5. The Balaban J connectivity index is -0.000000138. The van der Waals surface area contributed by atoms with Crippen molar-refractivity contribution in [2.24, 2.45) is 0 Å². The summed E-state index contributed by atoms with van der Waals surface area (Å²) in [4.78, 5) is 10.7. The Hall–Kier alpha value is -2.10. The van der Waals surface area contributed by atoms with Gasteiger partial charge in [0.15, 0.2) is 0 Å². The van der Waals surface area contributed by atoms with Crippen molar-refractivity contribution >= 4 is 5.97 Å². The average molecular weight is 795 g/mol. The summed E-state index contributed by atoms with van der Waals surface area (Å²) in [5.41, 5.74) is 4.11. The van der Waals surface area contributed by atoms with Gasteiger partial charge in [-0.15, -0.1) is 6.58 Å². The first-order chi connectivity index (χ1) is 21.2. The van der Waals surface area contributed by atoms with Crippen molar-refractivity contribution in [1.29, 1.82) is 0 Å². The fourth-order valence-corrected chi connectivity index (χ4v) is 3.39. The molecule has 4 aromatic rings. The third kappa shape index (κ3) is 27.5. The van der Waals surface area contributed by atoms with E-state index in [1.807, 2.05) is 140 Å². The number of hydrogen-bond donors (Lipinski definition) is 1. The minimum absolute atomic E-state index is 0. The van der Waals surface area contributed by atoms with Gasteiger partial charge in [-0.05, 0) is 35.2 Å². The van der Waals surface area contributed by atoms with Crippen LogP contribution >= 0.6 is 0 Å². The van der Waals surface area contributed by atoms with E-state index < -0.39 is 5.97 Å². The first kappa shape index (κ1) is 57.2. The van der Waals surface area contributed by atoms with E-state index in [-0.39, 0.29) is 86.7 Å². The minimum atomic E-state index is -0.856. The maximum atomic E-state index is 10.7. The molecule has 1 N–H and O–H groups in total. The van der Waals surface area contributed by atoms with Crippen molar-refractivity contribution in [2.45, 2.75) is 81.4 Å². The predicted octanol–water partition coefficient (Wildman–Crippen LogP) is 11.9. The molecule has 2 radical (unpaired) electrons. The van der Waals surface area contributed by atoms with Crippen LogP contribution in [0.5, 0.6) is 11.5 Å². The van der Waals surface area contributed by atoms with Gasteiger partial charge in [0.1, 0.15) is 24.7 Å². The van der Waals surface area contributed by atoms with Crippen LogP contribution in [0, 0.1) is 14.9 Å². The molecule has 0 aromatic heterocycles. The van der Waals surface area contributed by atoms with Gasteiger partial charge in [0.05, 0.1) is 6.42 Å². The molecule has 0 saturated carbocycles. The summed E-state index contributed by atoms with van der Waals surface area (Å²) in [6.45, 7) is 20.8. The van der Waals surface area contributed by atoms with Crippen molar-refractivity contribution in [3.63, 3.8) is 0 Å². The zero-order chi connectivity index (χ0) is 32.7. The summed E-state index contributed by atoms with van der Waals surface area (Å²) in [5, 5.41) is 8.82. The van der Waals surface area contributed by atoms with Gasteiger partial charge in [-0.1, -0.05) is 159 Å². The number of hydrogen-bond acceptors (Lipinski definition) is 3. The second-order valence-corrected chi connectivity index (χ2v) is 7.83. The van der Waals surface area contributed by atoms with Gasteiger partial charge in [-0.25, -0.2) is 0 Å². The van der Waals surface area contributed by atoms with Gasteiger partial charge in [0, 0.05) is 71.0 Å². The van der Waals surface area contributed by atoms with Crippen LogP contribution in [-0.4, -0.2) is 11.1 Å². The molecule has 0 spiro atoms. The Bertz CT molecular complexity index is 1200. The summed E-state index contributed by atoms with van der Waals surface area (Å²) in [6.07, 6.45) is 2.71. The van der Waals surface area contributed by atoms with Crippen LogP contribution in [0.2, 0.25) is 0 Å². The molecular formula is C41H60O4Y2-2. The van der Waals surface area contributed by atoms with E-state index in [1.165, 1.54) is 11.1 Å². The van der Waals surface area contributed by atoms with Gasteiger partial charge in [-0.2, -0.15) is 0 Å². The Morgan fingerprint density at radius 2 is 0.894 bits per heavy atom. The van der Waals surface area contributed by atoms with E-state index >= 15 is 0 Å². The third-order valence-corrected chi connectivity index (χ3v) is 5.13. The van der Waals surface area contributed by atoms with Crippen LogP contribution in [-0.2, 0) is 96.3 Å². The second-order valence-electron chi connectivity index (χ2n) is 7.83. The number of ether oxygens (including phenoxy) is 2. The molecule has 0 aliphatic heterocycles.